The number of nitrogens with zero attached hydrogens (tertiary/aromatic N) is 1. The van der Waals surface area contributed by atoms with Gasteiger partial charge in [-0.2, -0.15) is 4.31 Å². The van der Waals surface area contributed by atoms with Crippen molar-refractivity contribution in [3.05, 3.63) is 84.7 Å². The van der Waals surface area contributed by atoms with Crippen molar-refractivity contribution in [2.75, 3.05) is 12.3 Å². The Kier molecular flexibility index (Phi) is 7.04. The summed E-state index contributed by atoms with van der Waals surface area (Å²) in [7, 11) is -3.86. The number of halogens is 1. The first-order valence-corrected chi connectivity index (χ1v) is 11.1. The number of anilines is 1. The van der Waals surface area contributed by atoms with Crippen molar-refractivity contribution in [2.45, 2.75) is 23.8 Å². The van der Waals surface area contributed by atoms with Gasteiger partial charge in [0.1, 0.15) is 11.9 Å². The molecule has 8 heteroatoms. The molecule has 0 aliphatic carbocycles. The fourth-order valence-corrected chi connectivity index (χ4v) is 5.05. The van der Waals surface area contributed by atoms with Crippen LogP contribution in [-0.4, -0.2) is 36.4 Å². The second-order valence-electron chi connectivity index (χ2n) is 7.02. The number of sulfonamides is 1. The van der Waals surface area contributed by atoms with Gasteiger partial charge < -0.3 is 10.8 Å². The van der Waals surface area contributed by atoms with Crippen LogP contribution in [0.15, 0.2) is 83.8 Å². The molecule has 6 nitrogen and oxygen atoms in total. The molecular weight excluding hydrogens is 419 g/mol. The van der Waals surface area contributed by atoms with Crippen LogP contribution in [0.5, 0.6) is 0 Å². The predicted molar refractivity (Wildman–Crippen MR) is 117 cm³/mol. The zero-order valence-corrected chi connectivity index (χ0v) is 17.5. The maximum atomic E-state index is 12.8. The van der Waals surface area contributed by atoms with Crippen LogP contribution in [0.2, 0.25) is 0 Å². The number of hydrogen-bond acceptors (Lipinski definition) is 4. The lowest BCUT2D eigenvalue weighted by atomic mass is 10.0. The predicted octanol–water partition coefficient (Wildman–Crippen LogP) is 4.00. The van der Waals surface area contributed by atoms with Gasteiger partial charge in [0.25, 0.3) is 0 Å². The third kappa shape index (κ3) is 5.28. The van der Waals surface area contributed by atoms with Gasteiger partial charge in [-0.05, 0) is 48.7 Å². The van der Waals surface area contributed by atoms with E-state index < -0.39 is 27.9 Å². The molecule has 0 saturated carbocycles. The van der Waals surface area contributed by atoms with E-state index in [0.717, 1.165) is 39.8 Å². The van der Waals surface area contributed by atoms with E-state index in [2.05, 4.69) is 12.1 Å². The monoisotopic (exact) mass is 442 g/mol. The van der Waals surface area contributed by atoms with E-state index in [9.17, 15) is 17.6 Å². The quantitative estimate of drug-likeness (QED) is 0.595. The van der Waals surface area contributed by atoms with E-state index >= 15 is 0 Å². The third-order valence-corrected chi connectivity index (χ3v) is 6.88. The van der Waals surface area contributed by atoms with Gasteiger partial charge >= 0.3 is 5.97 Å². The normalized spacial score (nSPS) is 16.4. The van der Waals surface area contributed by atoms with E-state index in [0.29, 0.717) is 12.8 Å². The Hall–Kier alpha value is -3.23. The molecule has 1 fully saturated rings. The van der Waals surface area contributed by atoms with Crippen molar-refractivity contribution < 1.29 is 22.7 Å². The van der Waals surface area contributed by atoms with Gasteiger partial charge in [0.15, 0.2) is 0 Å². The van der Waals surface area contributed by atoms with Crippen LogP contribution in [0, 0.1) is 5.82 Å². The largest absolute Gasteiger partial charge is 0.480 e. The van der Waals surface area contributed by atoms with E-state index in [1.165, 1.54) is 5.56 Å². The molecule has 0 spiro atoms. The average Bonchev–Trinajstić information content (AvgIpc) is 3.27. The number of rotatable bonds is 4. The van der Waals surface area contributed by atoms with Gasteiger partial charge in [-0.3, -0.25) is 4.79 Å². The number of hydrogen-bond donors (Lipinski definition) is 2. The molecule has 0 bridgehead atoms. The maximum absolute atomic E-state index is 12.8. The van der Waals surface area contributed by atoms with Gasteiger partial charge in [-0.1, -0.05) is 48.5 Å². The Bertz CT molecular complexity index is 1140. The topological polar surface area (TPSA) is 101 Å². The molecule has 0 amide bonds. The standard InChI is InChI=1S/C12H11N.C11H12FNO4S/c13-12-9-5-4-8-11(12)10-6-2-1-3-7-10;12-8-3-5-9(6-4-8)18(16,17)13-7-1-2-10(13)11(14)15/h1-9H,13H2;3-6,10H,1-2,7H2,(H,14,15)/t;10-/m.0/s1. The van der Waals surface area contributed by atoms with Gasteiger partial charge in [0.2, 0.25) is 10.0 Å². The van der Waals surface area contributed by atoms with Gasteiger partial charge in [-0.15, -0.1) is 0 Å². The number of carboxylic acid groups (broad SMARTS) is 1. The van der Waals surface area contributed by atoms with Crippen LogP contribution < -0.4 is 5.73 Å². The van der Waals surface area contributed by atoms with Gasteiger partial charge in [-0.25, -0.2) is 12.8 Å². The zero-order valence-electron chi connectivity index (χ0n) is 16.7. The Morgan fingerprint density at radius 3 is 2.19 bits per heavy atom. The Labute approximate surface area is 180 Å². The molecule has 3 aromatic carbocycles. The molecule has 162 valence electrons. The molecule has 4 rings (SSSR count). The number of carboxylic acids is 1. The first-order chi connectivity index (χ1) is 14.8. The first kappa shape index (κ1) is 22.5. The summed E-state index contributed by atoms with van der Waals surface area (Å²) in [5.41, 5.74) is 8.95. The van der Waals surface area contributed by atoms with Crippen molar-refractivity contribution in [2.24, 2.45) is 0 Å². The smallest absolute Gasteiger partial charge is 0.322 e. The highest BCUT2D eigenvalue weighted by Gasteiger charge is 2.39. The second-order valence-corrected chi connectivity index (χ2v) is 8.91. The van der Waals surface area contributed by atoms with Crippen LogP contribution in [-0.2, 0) is 14.8 Å². The van der Waals surface area contributed by atoms with Crippen molar-refractivity contribution in [3.8, 4) is 11.1 Å². The lowest BCUT2D eigenvalue weighted by molar-refractivity contribution is -0.140. The highest BCUT2D eigenvalue weighted by atomic mass is 32.2. The van der Waals surface area contributed by atoms with Crippen LogP contribution in [0.1, 0.15) is 12.8 Å². The highest BCUT2D eigenvalue weighted by molar-refractivity contribution is 7.89. The number of para-hydroxylation sites is 1. The van der Waals surface area contributed by atoms with E-state index in [4.69, 9.17) is 10.8 Å². The number of nitrogens with two attached hydrogens (primary N) is 1. The summed E-state index contributed by atoms with van der Waals surface area (Å²) < 4.78 is 38.1. The van der Waals surface area contributed by atoms with E-state index in [1.54, 1.807) is 0 Å². The molecule has 1 aliphatic rings. The minimum atomic E-state index is -3.86. The van der Waals surface area contributed by atoms with E-state index in [1.807, 2.05) is 42.5 Å². The zero-order chi connectivity index (χ0) is 22.4. The summed E-state index contributed by atoms with van der Waals surface area (Å²) >= 11 is 0. The third-order valence-electron chi connectivity index (χ3n) is 4.95. The molecular formula is C23H23FN2O4S. The van der Waals surface area contributed by atoms with Crippen molar-refractivity contribution >= 4 is 21.7 Å². The van der Waals surface area contributed by atoms with Gasteiger partial charge in [0, 0.05) is 17.8 Å². The van der Waals surface area contributed by atoms with Crippen molar-refractivity contribution in [1.82, 2.24) is 4.31 Å². The van der Waals surface area contributed by atoms with Crippen LogP contribution in [0.25, 0.3) is 11.1 Å². The van der Waals surface area contributed by atoms with Crippen LogP contribution >= 0.6 is 0 Å². The fourth-order valence-electron chi connectivity index (χ4n) is 3.39. The second kappa shape index (κ2) is 9.72. The molecule has 0 aromatic heterocycles. The summed E-state index contributed by atoms with van der Waals surface area (Å²) in [6, 6.07) is 21.4. The number of nitrogen functional groups attached to an aromatic ring is 1. The first-order valence-electron chi connectivity index (χ1n) is 9.71. The van der Waals surface area contributed by atoms with Crippen LogP contribution in [0.4, 0.5) is 10.1 Å². The Morgan fingerprint density at radius 2 is 1.58 bits per heavy atom. The molecule has 3 N–H and O–H groups in total. The number of aliphatic carboxylic acids is 1. The molecule has 0 radical (unpaired) electrons. The fraction of sp³-hybridized carbons (Fsp3) is 0.174. The highest BCUT2D eigenvalue weighted by Crippen LogP contribution is 2.26. The molecule has 3 aromatic rings. The minimum absolute atomic E-state index is 0.0861. The lowest BCUT2D eigenvalue weighted by Gasteiger charge is -2.20. The van der Waals surface area contributed by atoms with Crippen molar-refractivity contribution in [3.63, 3.8) is 0 Å². The van der Waals surface area contributed by atoms with E-state index in [-0.39, 0.29) is 11.4 Å². The molecule has 1 aliphatic heterocycles. The molecule has 1 atom stereocenters. The summed E-state index contributed by atoms with van der Waals surface area (Å²) in [5.74, 6) is -1.69. The average molecular weight is 443 g/mol. The molecule has 0 unspecified atom stereocenters. The van der Waals surface area contributed by atoms with Gasteiger partial charge in [0.05, 0.1) is 4.90 Å². The Balaban J connectivity index is 0.000000185. The minimum Gasteiger partial charge on any atom is -0.480 e. The lowest BCUT2D eigenvalue weighted by Crippen LogP contribution is -2.40. The summed E-state index contributed by atoms with van der Waals surface area (Å²) in [6.07, 6.45) is 0.813. The SMILES string of the molecule is Nc1ccccc1-c1ccccc1.O=C(O)[C@@H]1CCCN1S(=O)(=O)c1ccc(F)cc1. The van der Waals surface area contributed by atoms with Crippen LogP contribution in [0.3, 0.4) is 0 Å². The molecule has 31 heavy (non-hydrogen) atoms. The number of benzene rings is 3. The summed E-state index contributed by atoms with van der Waals surface area (Å²) in [6.45, 7) is 0.177. The summed E-state index contributed by atoms with van der Waals surface area (Å²) in [5, 5.41) is 8.97. The summed E-state index contributed by atoms with van der Waals surface area (Å²) in [4.78, 5) is 10.9. The Morgan fingerprint density at radius 1 is 0.968 bits per heavy atom. The molecule has 1 heterocycles. The maximum Gasteiger partial charge on any atom is 0.322 e. The molecule has 1 saturated heterocycles. The number of carbonyl (C=O) groups is 1. The van der Waals surface area contributed by atoms with Crippen molar-refractivity contribution in [1.29, 1.82) is 0 Å².